The van der Waals surface area contributed by atoms with Crippen molar-refractivity contribution in [1.29, 1.82) is 0 Å². The van der Waals surface area contributed by atoms with Crippen LogP contribution in [0.3, 0.4) is 0 Å². The fourth-order valence-corrected chi connectivity index (χ4v) is 1.000. The molecule has 0 heterocycles. The van der Waals surface area contributed by atoms with Gasteiger partial charge in [-0.15, -0.1) is 0 Å². The lowest BCUT2D eigenvalue weighted by Crippen LogP contribution is -1.85. The molecule has 20 heavy (non-hydrogen) atoms. The van der Waals surface area contributed by atoms with Crippen LogP contribution in [0.25, 0.3) is 0 Å². The average Bonchev–Trinajstić information content (AvgIpc) is 1.87. The maximum atomic E-state index is 2.12. The number of hydrogen-bond donors (Lipinski definition) is 0. The van der Waals surface area contributed by atoms with Gasteiger partial charge in [-0.05, 0) is 0 Å². The molecule has 4 aliphatic rings. The van der Waals surface area contributed by atoms with Crippen molar-refractivity contribution in [3.63, 3.8) is 0 Å². The molecule has 4 saturated carbocycles. The third kappa shape index (κ3) is 20.3. The molecule has 4 aliphatic carbocycles. The quantitative estimate of drug-likeness (QED) is 0.419. The Labute approximate surface area is 131 Å². The maximum absolute atomic E-state index is 2.12. The van der Waals surface area contributed by atoms with E-state index in [1.807, 2.05) is 0 Å². The predicted molar refractivity (Wildman–Crippen MR) is 96.6 cm³/mol. The van der Waals surface area contributed by atoms with E-state index in [9.17, 15) is 0 Å². The Morgan fingerprint density at radius 3 is 0.400 bits per heavy atom. The largest absolute Gasteiger partial charge is 0.0776 e. The summed E-state index contributed by atoms with van der Waals surface area (Å²) in [6.07, 6.45) is 25.2. The molecule has 0 heteroatoms. The first-order chi connectivity index (χ1) is 9.41. The summed E-state index contributed by atoms with van der Waals surface area (Å²) in [5.41, 5.74) is 0. The minimum absolute atomic E-state index is 0. The van der Waals surface area contributed by atoms with E-state index in [1.54, 1.807) is 0 Å². The Bertz CT molecular complexity index is 75.0. The highest BCUT2D eigenvalue weighted by atomic mass is 14.0. The molecule has 4 rings (SSSR count). The molecule has 0 aliphatic heterocycles. The Hall–Kier alpha value is 0. The molecule has 0 aromatic heterocycles. The molecular weight excluding hydrogens is 240 g/mol. The van der Waals surface area contributed by atoms with Gasteiger partial charge in [0.1, 0.15) is 0 Å². The molecular formula is C20H44. The molecule has 124 valence electrons. The van der Waals surface area contributed by atoms with Crippen LogP contribution >= 0.6 is 0 Å². The molecule has 0 spiro atoms. The maximum Gasteiger partial charge on any atom is -0.0533 e. The standard InChI is InChI=1S/4C4H8.C3H8.CH4/c4*1-2-4-3-1;1-3-2;/h4*1-4H2;3H2,1-2H3;1H4. The molecule has 0 aromatic rings. The predicted octanol–water partition coefficient (Wildman–Crippen LogP) is 8.29. The second kappa shape index (κ2) is 21.3. The van der Waals surface area contributed by atoms with Crippen LogP contribution in [0.5, 0.6) is 0 Å². The Kier molecular flexibility index (Phi) is 23.7. The van der Waals surface area contributed by atoms with Crippen LogP contribution in [0.2, 0.25) is 0 Å². The van der Waals surface area contributed by atoms with Crippen LogP contribution in [-0.4, -0.2) is 0 Å². The molecule has 0 bridgehead atoms. The van der Waals surface area contributed by atoms with Crippen molar-refractivity contribution in [2.24, 2.45) is 0 Å². The molecule has 0 N–H and O–H groups in total. The summed E-state index contributed by atoms with van der Waals surface area (Å²) < 4.78 is 0. The topological polar surface area (TPSA) is 0 Å². The van der Waals surface area contributed by atoms with E-state index < -0.39 is 0 Å². The monoisotopic (exact) mass is 284 g/mol. The van der Waals surface area contributed by atoms with E-state index in [1.165, 1.54) is 109 Å². The van der Waals surface area contributed by atoms with Crippen molar-refractivity contribution < 1.29 is 0 Å². The second-order valence-corrected chi connectivity index (χ2v) is 6.36. The summed E-state index contributed by atoms with van der Waals surface area (Å²) in [6.45, 7) is 4.25. The summed E-state index contributed by atoms with van der Waals surface area (Å²) in [4.78, 5) is 0. The van der Waals surface area contributed by atoms with Crippen LogP contribution in [0.1, 0.15) is 130 Å². The van der Waals surface area contributed by atoms with Crippen molar-refractivity contribution in [3.05, 3.63) is 0 Å². The Balaban J connectivity index is 0. The van der Waals surface area contributed by atoms with Gasteiger partial charge in [-0.25, -0.2) is 0 Å². The van der Waals surface area contributed by atoms with Gasteiger partial charge in [0, 0.05) is 0 Å². The van der Waals surface area contributed by atoms with Crippen LogP contribution in [0, 0.1) is 0 Å². The molecule has 0 atom stereocenters. The third-order valence-corrected chi connectivity index (χ3v) is 4.00. The molecule has 0 aromatic carbocycles. The highest BCUT2D eigenvalue weighted by Gasteiger charge is 1.96. The fraction of sp³-hybridized carbons (Fsp3) is 1.00. The normalized spacial score (nSPS) is 20.1. The first kappa shape index (κ1) is 22.3. The summed E-state index contributed by atoms with van der Waals surface area (Å²) in [5, 5.41) is 0. The van der Waals surface area contributed by atoms with Crippen LogP contribution < -0.4 is 0 Å². The van der Waals surface area contributed by atoms with E-state index in [0.29, 0.717) is 0 Å². The molecule has 0 amide bonds. The zero-order valence-electron chi connectivity index (χ0n) is 14.0. The Morgan fingerprint density at radius 1 is 0.350 bits per heavy atom. The average molecular weight is 285 g/mol. The number of rotatable bonds is 0. The fourth-order valence-electron chi connectivity index (χ4n) is 1.000. The first-order valence-electron chi connectivity index (χ1n) is 9.41. The van der Waals surface area contributed by atoms with E-state index in [4.69, 9.17) is 0 Å². The zero-order valence-corrected chi connectivity index (χ0v) is 14.0. The zero-order chi connectivity index (χ0) is 14.0. The van der Waals surface area contributed by atoms with Gasteiger partial charge in [0.25, 0.3) is 0 Å². The summed E-state index contributed by atoms with van der Waals surface area (Å²) in [7, 11) is 0. The second-order valence-electron chi connectivity index (χ2n) is 6.36. The van der Waals surface area contributed by atoms with Crippen molar-refractivity contribution in [2.45, 2.75) is 130 Å². The van der Waals surface area contributed by atoms with Gasteiger partial charge in [0.15, 0.2) is 0 Å². The molecule has 0 radical (unpaired) electrons. The van der Waals surface area contributed by atoms with Gasteiger partial charge in [-0.3, -0.25) is 0 Å². The van der Waals surface area contributed by atoms with Gasteiger partial charge >= 0.3 is 0 Å². The number of hydrogen-bond acceptors (Lipinski definition) is 0. The Morgan fingerprint density at radius 2 is 0.400 bits per heavy atom. The van der Waals surface area contributed by atoms with Crippen LogP contribution in [0.4, 0.5) is 0 Å². The summed E-state index contributed by atoms with van der Waals surface area (Å²) in [6, 6.07) is 0. The molecule has 0 saturated heterocycles. The van der Waals surface area contributed by atoms with Crippen molar-refractivity contribution in [1.82, 2.24) is 0 Å². The van der Waals surface area contributed by atoms with E-state index in [-0.39, 0.29) is 7.43 Å². The van der Waals surface area contributed by atoms with Gasteiger partial charge in [0.2, 0.25) is 0 Å². The highest BCUT2D eigenvalue weighted by molar-refractivity contribution is 4.52. The van der Waals surface area contributed by atoms with Gasteiger partial charge in [-0.2, -0.15) is 0 Å². The van der Waals surface area contributed by atoms with Crippen molar-refractivity contribution >= 4 is 0 Å². The van der Waals surface area contributed by atoms with E-state index in [0.717, 1.165) is 0 Å². The van der Waals surface area contributed by atoms with Gasteiger partial charge in [0.05, 0.1) is 0 Å². The van der Waals surface area contributed by atoms with E-state index in [2.05, 4.69) is 13.8 Å². The van der Waals surface area contributed by atoms with Crippen LogP contribution in [-0.2, 0) is 0 Å². The summed E-state index contributed by atoms with van der Waals surface area (Å²) in [5.74, 6) is 0. The highest BCUT2D eigenvalue weighted by Crippen LogP contribution is 2.16. The lowest BCUT2D eigenvalue weighted by Gasteiger charge is -2.05. The third-order valence-electron chi connectivity index (χ3n) is 4.00. The SMILES string of the molecule is C.C1CCC1.C1CCC1.C1CCC1.C1CCC1.CCC. The molecule has 4 fully saturated rings. The van der Waals surface area contributed by atoms with Gasteiger partial charge in [-0.1, -0.05) is 130 Å². The lowest BCUT2D eigenvalue weighted by atomic mass is 10.0. The smallest absolute Gasteiger partial charge is 0.0533 e. The molecule has 0 nitrogen and oxygen atoms in total. The first-order valence-corrected chi connectivity index (χ1v) is 9.41. The van der Waals surface area contributed by atoms with Crippen LogP contribution in [0.15, 0.2) is 0 Å². The summed E-state index contributed by atoms with van der Waals surface area (Å²) >= 11 is 0. The van der Waals surface area contributed by atoms with E-state index >= 15 is 0 Å². The molecule has 0 unspecified atom stereocenters. The minimum atomic E-state index is 0. The van der Waals surface area contributed by atoms with Crippen molar-refractivity contribution in [3.8, 4) is 0 Å². The minimum Gasteiger partial charge on any atom is -0.0776 e. The lowest BCUT2D eigenvalue weighted by molar-refractivity contribution is 0.504. The van der Waals surface area contributed by atoms with Gasteiger partial charge < -0.3 is 0 Å². The van der Waals surface area contributed by atoms with Crippen molar-refractivity contribution in [2.75, 3.05) is 0 Å².